The van der Waals surface area contributed by atoms with Crippen LogP contribution in [0.2, 0.25) is 0 Å². The molecule has 1 aliphatic rings. The molecule has 2 N–H and O–H groups in total. The van der Waals surface area contributed by atoms with E-state index in [-0.39, 0.29) is 31.4 Å². The molecule has 3 nitrogen and oxygen atoms in total. The summed E-state index contributed by atoms with van der Waals surface area (Å²) in [4.78, 5) is 2.28. The van der Waals surface area contributed by atoms with Crippen molar-refractivity contribution in [2.45, 2.75) is 13.0 Å². The fourth-order valence-corrected chi connectivity index (χ4v) is 1.36. The predicted molar refractivity (Wildman–Crippen MR) is 55.5 cm³/mol. The highest BCUT2D eigenvalue weighted by Gasteiger charge is 2.13. The Morgan fingerprint density at radius 2 is 2.17 bits per heavy atom. The zero-order chi connectivity index (χ0) is 7.40. The molecule has 12 heavy (non-hydrogen) atoms. The summed E-state index contributed by atoms with van der Waals surface area (Å²) in [5.41, 5.74) is 0. The molecule has 1 saturated heterocycles. The molecule has 5 heteroatoms. The molecule has 0 aromatic carbocycles. The average molecular weight is 217 g/mol. The highest BCUT2D eigenvalue weighted by molar-refractivity contribution is 5.85. The summed E-state index contributed by atoms with van der Waals surface area (Å²) < 4.78 is 0. The van der Waals surface area contributed by atoms with E-state index in [2.05, 4.69) is 17.1 Å². The highest BCUT2D eigenvalue weighted by Crippen LogP contribution is 1.96. The third-order valence-electron chi connectivity index (χ3n) is 1.87. The lowest BCUT2D eigenvalue weighted by Crippen LogP contribution is -2.49. The normalized spacial score (nSPS) is 24.0. The maximum Gasteiger partial charge on any atom is 0.0558 e. The van der Waals surface area contributed by atoms with Crippen molar-refractivity contribution < 1.29 is 5.11 Å². The molecule has 1 rings (SSSR count). The quantitative estimate of drug-likeness (QED) is 0.689. The van der Waals surface area contributed by atoms with Crippen LogP contribution in [0.25, 0.3) is 0 Å². The molecular formula is C7H18Cl2N2O. The lowest BCUT2D eigenvalue weighted by Gasteiger charge is -2.31. The van der Waals surface area contributed by atoms with Crippen molar-refractivity contribution in [3.8, 4) is 0 Å². The fraction of sp³-hybridized carbons (Fsp3) is 1.00. The van der Waals surface area contributed by atoms with Crippen LogP contribution in [0.3, 0.4) is 0 Å². The highest BCUT2D eigenvalue weighted by atomic mass is 35.5. The van der Waals surface area contributed by atoms with E-state index < -0.39 is 0 Å². The molecular weight excluding hydrogens is 199 g/mol. The topological polar surface area (TPSA) is 35.5 Å². The molecule has 0 bridgehead atoms. The molecule has 1 unspecified atom stereocenters. The van der Waals surface area contributed by atoms with Gasteiger partial charge >= 0.3 is 0 Å². The maximum atomic E-state index is 8.64. The average Bonchev–Trinajstić information content (AvgIpc) is 1.88. The van der Waals surface area contributed by atoms with Gasteiger partial charge < -0.3 is 10.4 Å². The number of aliphatic hydroxyl groups is 1. The molecule has 1 atom stereocenters. The maximum absolute atomic E-state index is 8.64. The Hall–Kier alpha value is 0.460. The molecule has 0 aromatic heterocycles. The predicted octanol–water partition coefficient (Wildman–Crippen LogP) is 0.116. The SMILES string of the molecule is CC1CN(CCO)CCN1.Cl.Cl. The molecule has 0 amide bonds. The first-order chi connectivity index (χ1) is 4.83. The lowest BCUT2D eigenvalue weighted by atomic mass is 10.2. The Morgan fingerprint density at radius 3 is 2.67 bits per heavy atom. The Balaban J connectivity index is 0. The van der Waals surface area contributed by atoms with Crippen LogP contribution in [0.5, 0.6) is 0 Å². The van der Waals surface area contributed by atoms with Gasteiger partial charge in [-0.1, -0.05) is 0 Å². The van der Waals surface area contributed by atoms with Gasteiger partial charge in [-0.05, 0) is 6.92 Å². The number of hydrogen-bond donors (Lipinski definition) is 2. The summed E-state index contributed by atoms with van der Waals surface area (Å²) in [6.07, 6.45) is 0. The molecule has 1 fully saturated rings. The van der Waals surface area contributed by atoms with Crippen LogP contribution in [0.4, 0.5) is 0 Å². The van der Waals surface area contributed by atoms with Crippen LogP contribution in [-0.2, 0) is 0 Å². The molecule has 1 heterocycles. The van der Waals surface area contributed by atoms with E-state index in [1.165, 1.54) is 0 Å². The van der Waals surface area contributed by atoms with Gasteiger partial charge in [0.1, 0.15) is 0 Å². The monoisotopic (exact) mass is 216 g/mol. The minimum atomic E-state index is 0. The van der Waals surface area contributed by atoms with E-state index in [1.54, 1.807) is 0 Å². The number of piperazine rings is 1. The summed E-state index contributed by atoms with van der Waals surface area (Å²) in [5.74, 6) is 0. The second kappa shape index (κ2) is 8.08. The van der Waals surface area contributed by atoms with Gasteiger partial charge in [0.2, 0.25) is 0 Å². The standard InChI is InChI=1S/C7H16N2O.2ClH/c1-7-6-9(4-5-10)3-2-8-7;;/h7-8,10H,2-6H2,1H3;2*1H. The number of nitrogens with zero attached hydrogens (tertiary/aromatic N) is 1. The Bertz CT molecular complexity index is 103. The first-order valence-corrected chi connectivity index (χ1v) is 3.89. The first-order valence-electron chi connectivity index (χ1n) is 3.89. The van der Waals surface area contributed by atoms with Crippen molar-refractivity contribution in [2.24, 2.45) is 0 Å². The van der Waals surface area contributed by atoms with Crippen LogP contribution in [0.15, 0.2) is 0 Å². The third-order valence-corrected chi connectivity index (χ3v) is 1.87. The van der Waals surface area contributed by atoms with Crippen molar-refractivity contribution in [2.75, 3.05) is 32.8 Å². The van der Waals surface area contributed by atoms with E-state index in [0.29, 0.717) is 6.04 Å². The number of nitrogens with one attached hydrogen (secondary N) is 1. The fourth-order valence-electron chi connectivity index (χ4n) is 1.36. The molecule has 0 radical (unpaired) electrons. The van der Waals surface area contributed by atoms with Crippen LogP contribution in [-0.4, -0.2) is 48.8 Å². The zero-order valence-electron chi connectivity index (χ0n) is 7.32. The Kier molecular flexibility index (Phi) is 10.1. The van der Waals surface area contributed by atoms with Crippen LogP contribution in [0, 0.1) is 0 Å². The second-order valence-corrected chi connectivity index (χ2v) is 2.88. The minimum Gasteiger partial charge on any atom is -0.395 e. The Morgan fingerprint density at radius 1 is 1.50 bits per heavy atom. The number of hydrogen-bond acceptors (Lipinski definition) is 3. The lowest BCUT2D eigenvalue weighted by molar-refractivity contribution is 0.161. The second-order valence-electron chi connectivity index (χ2n) is 2.88. The van der Waals surface area contributed by atoms with Gasteiger partial charge in [-0.3, -0.25) is 4.90 Å². The van der Waals surface area contributed by atoms with Gasteiger partial charge in [-0.25, -0.2) is 0 Å². The number of rotatable bonds is 2. The van der Waals surface area contributed by atoms with Gasteiger partial charge in [0.05, 0.1) is 6.61 Å². The largest absolute Gasteiger partial charge is 0.395 e. The summed E-state index contributed by atoms with van der Waals surface area (Å²) in [7, 11) is 0. The summed E-state index contributed by atoms with van der Waals surface area (Å²) in [5, 5.41) is 12.0. The van der Waals surface area contributed by atoms with Gasteiger partial charge in [-0.15, -0.1) is 24.8 Å². The van der Waals surface area contributed by atoms with E-state index in [0.717, 1.165) is 26.2 Å². The van der Waals surface area contributed by atoms with Gasteiger partial charge in [0.15, 0.2) is 0 Å². The van der Waals surface area contributed by atoms with E-state index in [1.807, 2.05) is 0 Å². The van der Waals surface area contributed by atoms with Gasteiger partial charge in [0, 0.05) is 32.2 Å². The summed E-state index contributed by atoms with van der Waals surface area (Å²) in [6, 6.07) is 0.584. The molecule has 0 spiro atoms. The molecule has 0 saturated carbocycles. The molecule has 0 aromatic rings. The van der Waals surface area contributed by atoms with Crippen molar-refractivity contribution in [3.63, 3.8) is 0 Å². The van der Waals surface area contributed by atoms with Crippen molar-refractivity contribution in [3.05, 3.63) is 0 Å². The van der Waals surface area contributed by atoms with Crippen molar-refractivity contribution in [1.29, 1.82) is 0 Å². The van der Waals surface area contributed by atoms with Crippen molar-refractivity contribution in [1.82, 2.24) is 10.2 Å². The minimum absolute atomic E-state index is 0. The van der Waals surface area contributed by atoms with Crippen LogP contribution >= 0.6 is 24.8 Å². The Labute approximate surface area is 86.3 Å². The van der Waals surface area contributed by atoms with E-state index >= 15 is 0 Å². The number of halogens is 2. The van der Waals surface area contributed by atoms with Crippen LogP contribution in [0.1, 0.15) is 6.92 Å². The summed E-state index contributed by atoms with van der Waals surface area (Å²) in [6.45, 7) is 6.48. The molecule has 76 valence electrons. The first kappa shape index (κ1) is 15.0. The smallest absolute Gasteiger partial charge is 0.0558 e. The number of aliphatic hydroxyl groups excluding tert-OH is 1. The van der Waals surface area contributed by atoms with Crippen molar-refractivity contribution >= 4 is 24.8 Å². The van der Waals surface area contributed by atoms with Crippen LogP contribution < -0.4 is 5.32 Å². The van der Waals surface area contributed by atoms with E-state index in [4.69, 9.17) is 5.11 Å². The molecule has 0 aliphatic carbocycles. The third kappa shape index (κ3) is 5.17. The number of β-amino-alcohol motifs (C(OH)–C–C–N with tert-alkyl or cyclic N) is 1. The van der Waals surface area contributed by atoms with Gasteiger partial charge in [-0.2, -0.15) is 0 Å². The van der Waals surface area contributed by atoms with E-state index in [9.17, 15) is 0 Å². The molecule has 1 aliphatic heterocycles. The van der Waals surface area contributed by atoms with Gasteiger partial charge in [0.25, 0.3) is 0 Å². The summed E-state index contributed by atoms with van der Waals surface area (Å²) >= 11 is 0. The zero-order valence-corrected chi connectivity index (χ0v) is 8.96.